The number of aromatic nitrogens is 2. The SMILES string of the molecule is CCC(C#N)N1CCN(c2nccn(C)c2=O)CC1. The summed E-state index contributed by atoms with van der Waals surface area (Å²) >= 11 is 0. The van der Waals surface area contributed by atoms with Crippen LogP contribution < -0.4 is 10.5 Å². The average Bonchev–Trinajstić information content (AvgIpc) is 2.44. The van der Waals surface area contributed by atoms with Crippen LogP contribution in [-0.2, 0) is 7.05 Å². The van der Waals surface area contributed by atoms with Gasteiger partial charge in [0.15, 0.2) is 5.82 Å². The van der Waals surface area contributed by atoms with E-state index in [2.05, 4.69) is 16.0 Å². The van der Waals surface area contributed by atoms with Gasteiger partial charge in [-0.1, -0.05) is 6.92 Å². The second kappa shape index (κ2) is 5.85. The Bertz CT molecular complexity index is 525. The molecular weight excluding hydrogens is 242 g/mol. The zero-order chi connectivity index (χ0) is 13.8. The highest BCUT2D eigenvalue weighted by atomic mass is 16.1. The van der Waals surface area contributed by atoms with Crippen LogP contribution in [-0.4, -0.2) is 46.7 Å². The maximum absolute atomic E-state index is 12.0. The predicted octanol–water partition coefficient (Wildman–Crippen LogP) is 0.204. The van der Waals surface area contributed by atoms with Crippen LogP contribution in [0.3, 0.4) is 0 Å². The van der Waals surface area contributed by atoms with Crippen LogP contribution >= 0.6 is 0 Å². The van der Waals surface area contributed by atoms with Crippen LogP contribution in [0.5, 0.6) is 0 Å². The van der Waals surface area contributed by atoms with Gasteiger partial charge in [0.05, 0.1) is 12.1 Å². The topological polar surface area (TPSA) is 65.2 Å². The third kappa shape index (κ3) is 2.76. The van der Waals surface area contributed by atoms with Gasteiger partial charge in [-0.05, 0) is 6.42 Å². The van der Waals surface area contributed by atoms with Crippen molar-refractivity contribution in [1.82, 2.24) is 14.5 Å². The Hall–Kier alpha value is -1.87. The molecule has 0 aliphatic carbocycles. The molecule has 1 atom stereocenters. The zero-order valence-corrected chi connectivity index (χ0v) is 11.4. The summed E-state index contributed by atoms with van der Waals surface area (Å²) in [6.07, 6.45) is 4.14. The van der Waals surface area contributed by atoms with E-state index < -0.39 is 0 Å². The Labute approximate surface area is 112 Å². The quantitative estimate of drug-likeness (QED) is 0.778. The van der Waals surface area contributed by atoms with E-state index >= 15 is 0 Å². The first-order valence-corrected chi connectivity index (χ1v) is 6.57. The van der Waals surface area contributed by atoms with Crippen molar-refractivity contribution in [3.05, 3.63) is 22.7 Å². The van der Waals surface area contributed by atoms with Crippen LogP contribution in [0.2, 0.25) is 0 Å². The minimum absolute atomic E-state index is 0.0197. The molecule has 0 amide bonds. The van der Waals surface area contributed by atoms with Crippen molar-refractivity contribution in [2.24, 2.45) is 7.05 Å². The molecule has 0 spiro atoms. The van der Waals surface area contributed by atoms with Crippen molar-refractivity contribution in [2.75, 3.05) is 31.1 Å². The molecular formula is C13H19N5O. The van der Waals surface area contributed by atoms with Gasteiger partial charge in [0.25, 0.3) is 5.56 Å². The van der Waals surface area contributed by atoms with Crippen LogP contribution in [0.25, 0.3) is 0 Å². The molecule has 1 aromatic heterocycles. The third-order valence-electron chi connectivity index (χ3n) is 3.59. The molecule has 6 nitrogen and oxygen atoms in total. The molecule has 1 saturated heterocycles. The van der Waals surface area contributed by atoms with Crippen molar-refractivity contribution >= 4 is 5.82 Å². The summed E-state index contributed by atoms with van der Waals surface area (Å²) in [4.78, 5) is 20.3. The van der Waals surface area contributed by atoms with Gasteiger partial charge in [0, 0.05) is 45.6 Å². The van der Waals surface area contributed by atoms with Gasteiger partial charge >= 0.3 is 0 Å². The van der Waals surface area contributed by atoms with Gasteiger partial charge in [0.1, 0.15) is 0 Å². The number of piperazine rings is 1. The molecule has 1 unspecified atom stereocenters. The summed E-state index contributed by atoms with van der Waals surface area (Å²) in [6.45, 7) is 5.10. The largest absolute Gasteiger partial charge is 0.349 e. The van der Waals surface area contributed by atoms with Crippen LogP contribution in [0.1, 0.15) is 13.3 Å². The molecule has 0 radical (unpaired) electrons. The molecule has 19 heavy (non-hydrogen) atoms. The number of hydrogen-bond acceptors (Lipinski definition) is 5. The Balaban J connectivity index is 2.06. The smallest absolute Gasteiger partial charge is 0.293 e. The first-order valence-electron chi connectivity index (χ1n) is 6.57. The van der Waals surface area contributed by atoms with E-state index in [9.17, 15) is 4.79 Å². The third-order valence-corrected chi connectivity index (χ3v) is 3.59. The lowest BCUT2D eigenvalue weighted by Crippen LogP contribution is -2.51. The van der Waals surface area contributed by atoms with Crippen molar-refractivity contribution < 1.29 is 0 Å². The number of nitrogens with zero attached hydrogens (tertiary/aromatic N) is 5. The maximum Gasteiger partial charge on any atom is 0.293 e. The second-order valence-corrected chi connectivity index (χ2v) is 4.74. The first-order chi connectivity index (χ1) is 9.17. The van der Waals surface area contributed by atoms with E-state index in [1.165, 1.54) is 0 Å². The fourth-order valence-corrected chi connectivity index (χ4v) is 2.38. The Morgan fingerprint density at radius 1 is 1.42 bits per heavy atom. The highest BCUT2D eigenvalue weighted by Gasteiger charge is 2.24. The van der Waals surface area contributed by atoms with E-state index in [-0.39, 0.29) is 11.6 Å². The lowest BCUT2D eigenvalue weighted by atomic mass is 10.2. The normalized spacial score (nSPS) is 18.1. The van der Waals surface area contributed by atoms with Gasteiger partial charge in [-0.3, -0.25) is 9.69 Å². The van der Waals surface area contributed by atoms with Crippen molar-refractivity contribution in [2.45, 2.75) is 19.4 Å². The summed E-state index contributed by atoms with van der Waals surface area (Å²) < 4.78 is 1.54. The molecule has 1 aliphatic heterocycles. The van der Waals surface area contributed by atoms with Gasteiger partial charge in [-0.25, -0.2) is 4.98 Å². The molecule has 6 heteroatoms. The summed E-state index contributed by atoms with van der Waals surface area (Å²) in [6, 6.07) is 2.30. The van der Waals surface area contributed by atoms with Gasteiger partial charge < -0.3 is 9.47 Å². The predicted molar refractivity (Wildman–Crippen MR) is 73.0 cm³/mol. The molecule has 0 bridgehead atoms. The number of aryl methyl sites for hydroxylation is 1. The Kier molecular flexibility index (Phi) is 4.17. The lowest BCUT2D eigenvalue weighted by molar-refractivity contribution is 0.215. The summed E-state index contributed by atoms with van der Waals surface area (Å²) in [5.74, 6) is 0.509. The maximum atomic E-state index is 12.0. The number of nitriles is 1. The van der Waals surface area contributed by atoms with Gasteiger partial charge in [0.2, 0.25) is 0 Å². The standard InChI is InChI=1S/C13H19N5O/c1-3-11(10-14)17-6-8-18(9-7-17)12-13(19)16(2)5-4-15-12/h4-5,11H,3,6-9H2,1-2H3. The van der Waals surface area contributed by atoms with Crippen molar-refractivity contribution in [3.63, 3.8) is 0 Å². The van der Waals surface area contributed by atoms with Crippen LogP contribution in [0.15, 0.2) is 17.2 Å². The van der Waals surface area contributed by atoms with Crippen molar-refractivity contribution in [1.29, 1.82) is 5.26 Å². The van der Waals surface area contributed by atoms with Crippen molar-refractivity contribution in [3.8, 4) is 6.07 Å². The molecule has 102 valence electrons. The molecule has 0 saturated carbocycles. The van der Waals surface area contributed by atoms with E-state index in [4.69, 9.17) is 5.26 Å². The van der Waals surface area contributed by atoms with Gasteiger partial charge in [-0.15, -0.1) is 0 Å². The lowest BCUT2D eigenvalue weighted by Gasteiger charge is -2.36. The molecule has 1 aromatic rings. The van der Waals surface area contributed by atoms with Gasteiger partial charge in [-0.2, -0.15) is 5.26 Å². The van der Waals surface area contributed by atoms with E-state index in [0.29, 0.717) is 5.82 Å². The van der Waals surface area contributed by atoms with E-state index in [1.54, 1.807) is 24.0 Å². The second-order valence-electron chi connectivity index (χ2n) is 4.74. The monoisotopic (exact) mass is 261 g/mol. The van der Waals surface area contributed by atoms with E-state index in [1.807, 2.05) is 11.8 Å². The minimum Gasteiger partial charge on any atom is -0.349 e. The van der Waals surface area contributed by atoms with E-state index in [0.717, 1.165) is 32.6 Å². The highest BCUT2D eigenvalue weighted by molar-refractivity contribution is 5.36. The van der Waals surface area contributed by atoms with Crippen LogP contribution in [0, 0.1) is 11.3 Å². The van der Waals surface area contributed by atoms with Crippen LogP contribution in [0.4, 0.5) is 5.82 Å². The fourth-order valence-electron chi connectivity index (χ4n) is 2.38. The Morgan fingerprint density at radius 3 is 2.68 bits per heavy atom. The molecule has 1 aliphatic rings. The Morgan fingerprint density at radius 2 is 2.11 bits per heavy atom. The summed E-state index contributed by atoms with van der Waals surface area (Å²) in [5.41, 5.74) is -0.0664. The minimum atomic E-state index is -0.0664. The molecule has 1 fully saturated rings. The average molecular weight is 261 g/mol. The highest BCUT2D eigenvalue weighted by Crippen LogP contribution is 2.12. The molecule has 2 rings (SSSR count). The molecule has 0 N–H and O–H groups in total. The first kappa shape index (κ1) is 13.6. The zero-order valence-electron chi connectivity index (χ0n) is 11.4. The molecule has 2 heterocycles. The number of rotatable bonds is 3. The summed E-state index contributed by atoms with van der Waals surface area (Å²) in [7, 11) is 1.73. The molecule has 0 aromatic carbocycles. The number of anilines is 1. The number of hydrogen-bond donors (Lipinski definition) is 0. The summed E-state index contributed by atoms with van der Waals surface area (Å²) in [5, 5.41) is 9.07. The fraction of sp³-hybridized carbons (Fsp3) is 0.615.